The highest BCUT2D eigenvalue weighted by atomic mass is 16.5. The molecule has 1 fully saturated rings. The zero-order valence-electron chi connectivity index (χ0n) is 20.5. The molecular formula is C27H33N3O4. The van der Waals surface area contributed by atoms with E-state index in [1.807, 2.05) is 58.9 Å². The minimum Gasteiger partial charge on any atom is -0.457 e. The summed E-state index contributed by atoms with van der Waals surface area (Å²) in [7, 11) is 0. The Bertz CT molecular complexity index is 1150. The SMILES string of the molecule is Cc1cc(Oc2c(C)cc(NC(=O)NC3CCC(O)CC3)cc2C)cc(-c2c(C)noc2C)c1. The van der Waals surface area contributed by atoms with E-state index in [-0.39, 0.29) is 18.2 Å². The number of benzene rings is 2. The van der Waals surface area contributed by atoms with Crippen LogP contribution in [0.3, 0.4) is 0 Å². The van der Waals surface area contributed by atoms with Crippen LogP contribution in [0.1, 0.15) is 53.8 Å². The third kappa shape index (κ3) is 5.42. The largest absolute Gasteiger partial charge is 0.457 e. The summed E-state index contributed by atoms with van der Waals surface area (Å²) in [6, 6.07) is 9.80. The van der Waals surface area contributed by atoms with Crippen LogP contribution in [0.15, 0.2) is 34.9 Å². The van der Waals surface area contributed by atoms with Gasteiger partial charge in [0.25, 0.3) is 0 Å². The summed E-state index contributed by atoms with van der Waals surface area (Å²) in [5, 5.41) is 19.7. The molecule has 3 N–H and O–H groups in total. The van der Waals surface area contributed by atoms with E-state index in [9.17, 15) is 9.90 Å². The van der Waals surface area contributed by atoms with Crippen LogP contribution in [0.5, 0.6) is 11.5 Å². The van der Waals surface area contributed by atoms with Gasteiger partial charge in [0.1, 0.15) is 17.3 Å². The van der Waals surface area contributed by atoms with E-state index in [0.29, 0.717) is 0 Å². The van der Waals surface area contributed by atoms with Crippen molar-refractivity contribution in [2.45, 2.75) is 72.4 Å². The maximum Gasteiger partial charge on any atom is 0.319 e. The summed E-state index contributed by atoms with van der Waals surface area (Å²) in [5.41, 5.74) is 6.49. The van der Waals surface area contributed by atoms with E-state index in [2.05, 4.69) is 21.9 Å². The number of aromatic nitrogens is 1. The standard InChI is InChI=1S/C27H33N3O4/c1-15-10-20(25-18(4)30-34-19(25)5)14-24(11-15)33-26-16(2)12-22(13-17(26)3)29-27(32)28-21-6-8-23(31)9-7-21/h10-14,21,23,31H,6-9H2,1-5H3,(H2,28,29,32). The van der Waals surface area contributed by atoms with Gasteiger partial charge in [0.05, 0.1) is 11.8 Å². The maximum atomic E-state index is 12.5. The molecule has 2 aromatic carbocycles. The highest BCUT2D eigenvalue weighted by Crippen LogP contribution is 2.35. The predicted molar refractivity (Wildman–Crippen MR) is 133 cm³/mol. The van der Waals surface area contributed by atoms with Crippen LogP contribution in [0, 0.1) is 34.6 Å². The second kappa shape index (κ2) is 9.89. The van der Waals surface area contributed by atoms with Crippen molar-refractivity contribution < 1.29 is 19.2 Å². The van der Waals surface area contributed by atoms with Crippen molar-refractivity contribution in [1.29, 1.82) is 0 Å². The highest BCUT2D eigenvalue weighted by Gasteiger charge is 2.21. The summed E-state index contributed by atoms with van der Waals surface area (Å²) in [4.78, 5) is 12.5. The molecule has 1 saturated carbocycles. The molecule has 3 aromatic rings. The van der Waals surface area contributed by atoms with Gasteiger partial charge >= 0.3 is 6.03 Å². The van der Waals surface area contributed by atoms with Crippen molar-refractivity contribution in [2.24, 2.45) is 0 Å². The number of carbonyl (C=O) groups is 1. The van der Waals surface area contributed by atoms with Crippen LogP contribution in [0.4, 0.5) is 10.5 Å². The number of urea groups is 1. The Morgan fingerprint density at radius 3 is 2.29 bits per heavy atom. The molecule has 7 nitrogen and oxygen atoms in total. The van der Waals surface area contributed by atoms with Gasteiger partial charge in [0, 0.05) is 17.3 Å². The number of rotatable bonds is 5. The monoisotopic (exact) mass is 463 g/mol. The highest BCUT2D eigenvalue weighted by molar-refractivity contribution is 5.90. The molecule has 0 saturated heterocycles. The fourth-order valence-electron chi connectivity index (χ4n) is 4.72. The van der Waals surface area contributed by atoms with E-state index < -0.39 is 0 Å². The number of aryl methyl sites for hydroxylation is 5. The van der Waals surface area contributed by atoms with E-state index in [0.717, 1.165) is 82.1 Å². The number of aliphatic hydroxyl groups excluding tert-OH is 1. The third-order valence-electron chi connectivity index (χ3n) is 6.34. The number of nitrogens with zero attached hydrogens (tertiary/aromatic N) is 1. The zero-order chi connectivity index (χ0) is 24.4. The molecule has 34 heavy (non-hydrogen) atoms. The summed E-state index contributed by atoms with van der Waals surface area (Å²) in [6.07, 6.45) is 2.81. The van der Waals surface area contributed by atoms with Gasteiger partial charge in [0.2, 0.25) is 0 Å². The molecule has 1 heterocycles. The molecule has 0 atom stereocenters. The first kappa shape index (κ1) is 23.8. The number of carbonyl (C=O) groups excluding carboxylic acids is 1. The topological polar surface area (TPSA) is 96.6 Å². The Morgan fingerprint density at radius 2 is 1.68 bits per heavy atom. The van der Waals surface area contributed by atoms with Crippen LogP contribution in [0.2, 0.25) is 0 Å². The van der Waals surface area contributed by atoms with Gasteiger partial charge in [-0.05, 0) is 107 Å². The number of ether oxygens (including phenoxy) is 1. The van der Waals surface area contributed by atoms with Gasteiger partial charge in [-0.2, -0.15) is 0 Å². The van der Waals surface area contributed by atoms with E-state index in [4.69, 9.17) is 9.26 Å². The van der Waals surface area contributed by atoms with Crippen molar-refractivity contribution in [1.82, 2.24) is 10.5 Å². The molecule has 1 aliphatic rings. The summed E-state index contributed by atoms with van der Waals surface area (Å²) in [5.74, 6) is 2.28. The number of anilines is 1. The zero-order valence-corrected chi connectivity index (χ0v) is 20.5. The Morgan fingerprint density at radius 1 is 1.00 bits per heavy atom. The Kier molecular flexibility index (Phi) is 6.93. The molecule has 7 heteroatoms. The van der Waals surface area contributed by atoms with Gasteiger partial charge in [-0.25, -0.2) is 4.79 Å². The average Bonchev–Trinajstić information content (AvgIpc) is 3.10. The van der Waals surface area contributed by atoms with E-state index in [1.54, 1.807) is 0 Å². The first-order valence-electron chi connectivity index (χ1n) is 11.8. The fourth-order valence-corrected chi connectivity index (χ4v) is 4.72. The fraction of sp³-hybridized carbons (Fsp3) is 0.407. The maximum absolute atomic E-state index is 12.5. The molecule has 1 aliphatic carbocycles. The van der Waals surface area contributed by atoms with Gasteiger partial charge in [0.15, 0.2) is 0 Å². The lowest BCUT2D eigenvalue weighted by molar-refractivity contribution is 0.118. The summed E-state index contributed by atoms with van der Waals surface area (Å²) >= 11 is 0. The van der Waals surface area contributed by atoms with E-state index in [1.165, 1.54) is 0 Å². The number of amides is 2. The second-order valence-electron chi connectivity index (χ2n) is 9.38. The number of aliphatic hydroxyl groups is 1. The lowest BCUT2D eigenvalue weighted by Crippen LogP contribution is -2.40. The van der Waals surface area contributed by atoms with Crippen molar-refractivity contribution in [3.8, 4) is 22.6 Å². The average molecular weight is 464 g/mol. The molecule has 0 bridgehead atoms. The van der Waals surface area contributed by atoms with Crippen molar-refractivity contribution >= 4 is 11.7 Å². The smallest absolute Gasteiger partial charge is 0.319 e. The first-order valence-corrected chi connectivity index (χ1v) is 11.8. The molecule has 2 amide bonds. The van der Waals surface area contributed by atoms with Gasteiger partial charge < -0.3 is 25.0 Å². The van der Waals surface area contributed by atoms with Crippen molar-refractivity contribution in [3.05, 3.63) is 58.5 Å². The minimum absolute atomic E-state index is 0.0985. The van der Waals surface area contributed by atoms with Crippen molar-refractivity contribution in [3.63, 3.8) is 0 Å². The van der Waals surface area contributed by atoms with Crippen molar-refractivity contribution in [2.75, 3.05) is 5.32 Å². The van der Waals surface area contributed by atoms with Crippen LogP contribution < -0.4 is 15.4 Å². The molecule has 180 valence electrons. The Hall–Kier alpha value is -3.32. The summed E-state index contributed by atoms with van der Waals surface area (Å²) in [6.45, 7) is 9.82. The Labute approximate surface area is 200 Å². The molecular weight excluding hydrogens is 430 g/mol. The summed E-state index contributed by atoms with van der Waals surface area (Å²) < 4.78 is 11.7. The molecule has 4 rings (SSSR count). The minimum atomic E-state index is -0.243. The predicted octanol–water partition coefficient (Wildman–Crippen LogP) is 6.10. The van der Waals surface area contributed by atoms with Crippen LogP contribution in [-0.2, 0) is 0 Å². The third-order valence-corrected chi connectivity index (χ3v) is 6.34. The molecule has 0 aliphatic heterocycles. The Balaban J connectivity index is 1.49. The number of hydrogen-bond donors (Lipinski definition) is 3. The van der Waals surface area contributed by atoms with Crippen LogP contribution in [0.25, 0.3) is 11.1 Å². The van der Waals surface area contributed by atoms with Gasteiger partial charge in [-0.1, -0.05) is 11.2 Å². The molecule has 0 spiro atoms. The second-order valence-corrected chi connectivity index (χ2v) is 9.38. The lowest BCUT2D eigenvalue weighted by Gasteiger charge is -2.26. The molecule has 0 unspecified atom stereocenters. The number of nitrogens with one attached hydrogen (secondary N) is 2. The molecule has 0 radical (unpaired) electrons. The number of hydrogen-bond acceptors (Lipinski definition) is 5. The lowest BCUT2D eigenvalue weighted by atomic mass is 9.93. The van der Waals surface area contributed by atoms with Gasteiger partial charge in [-0.3, -0.25) is 0 Å². The van der Waals surface area contributed by atoms with E-state index >= 15 is 0 Å². The quantitative estimate of drug-likeness (QED) is 0.425. The molecule has 1 aromatic heterocycles. The van der Waals surface area contributed by atoms with Gasteiger partial charge in [-0.15, -0.1) is 0 Å². The van der Waals surface area contributed by atoms with Crippen LogP contribution in [-0.4, -0.2) is 28.4 Å². The van der Waals surface area contributed by atoms with Crippen LogP contribution >= 0.6 is 0 Å². The normalized spacial score (nSPS) is 17.9. The first-order chi connectivity index (χ1) is 16.2.